The number of carbonyl (C=O) groups excluding carboxylic acids is 1. The second-order valence-corrected chi connectivity index (χ2v) is 5.50. The maximum absolute atomic E-state index is 12.0. The molecule has 1 amide bonds. The zero-order valence-electron chi connectivity index (χ0n) is 9.95. The summed E-state index contributed by atoms with van der Waals surface area (Å²) in [4.78, 5) is 11.6. The normalized spacial score (nSPS) is 10.6. The van der Waals surface area contributed by atoms with Crippen molar-refractivity contribution >= 4 is 34.7 Å². The Balaban J connectivity index is 1.81. The molecule has 1 aromatic carbocycles. The summed E-state index contributed by atoms with van der Waals surface area (Å²) in [5.74, 6) is 0.0266. The van der Waals surface area contributed by atoms with E-state index in [1.807, 2.05) is 0 Å². The number of amides is 1. The molecule has 0 fully saturated rings. The summed E-state index contributed by atoms with van der Waals surface area (Å²) in [7, 11) is 0. The molecule has 0 saturated heterocycles. The Morgan fingerprint density at radius 3 is 2.75 bits per heavy atom. The summed E-state index contributed by atoms with van der Waals surface area (Å²) in [5.41, 5.74) is 2.09. The number of ether oxygens (including phenoxy) is 1. The molecule has 5 nitrogen and oxygen atoms in total. The molecule has 0 radical (unpaired) electrons. The van der Waals surface area contributed by atoms with Crippen molar-refractivity contribution in [3.05, 3.63) is 29.8 Å². The van der Waals surface area contributed by atoms with Crippen LogP contribution in [0.3, 0.4) is 0 Å². The van der Waals surface area contributed by atoms with Crippen molar-refractivity contribution in [1.29, 1.82) is 0 Å². The van der Waals surface area contributed by atoms with E-state index in [4.69, 9.17) is 0 Å². The fraction of sp³-hybridized carbons (Fsp3) is 0.182. The van der Waals surface area contributed by atoms with Crippen LogP contribution in [0.1, 0.15) is 0 Å². The topological polar surface area (TPSA) is 64.1 Å². The van der Waals surface area contributed by atoms with Gasteiger partial charge in [0, 0.05) is 5.69 Å². The molecule has 9 heteroatoms. The molecule has 1 N–H and O–H groups in total. The van der Waals surface area contributed by atoms with Crippen LogP contribution in [0.4, 0.5) is 14.5 Å². The lowest BCUT2D eigenvalue weighted by molar-refractivity contribution is -0.113. The number of carbonyl (C=O) groups is 1. The number of benzene rings is 1. The number of aromatic nitrogens is 2. The quantitative estimate of drug-likeness (QED) is 0.830. The molecular weight excluding hydrogens is 308 g/mol. The monoisotopic (exact) mass is 317 g/mol. The number of nitrogens with zero attached hydrogens (tertiary/aromatic N) is 2. The molecular formula is C11H9F2N3O2S2. The SMILES string of the molecule is O=C(CSc1nncs1)Nc1ccc(OC(F)F)cc1. The smallest absolute Gasteiger partial charge is 0.387 e. The summed E-state index contributed by atoms with van der Waals surface area (Å²) in [6.07, 6.45) is 0. The molecule has 1 heterocycles. The van der Waals surface area contributed by atoms with Gasteiger partial charge in [0.1, 0.15) is 11.3 Å². The molecule has 2 rings (SSSR count). The highest BCUT2D eigenvalue weighted by atomic mass is 32.2. The number of anilines is 1. The Bertz CT molecular complexity index is 549. The van der Waals surface area contributed by atoms with Gasteiger partial charge in [-0.15, -0.1) is 10.2 Å². The summed E-state index contributed by atoms with van der Waals surface area (Å²) in [5, 5.41) is 10.1. The van der Waals surface area contributed by atoms with Gasteiger partial charge in [0.05, 0.1) is 5.75 Å². The highest BCUT2D eigenvalue weighted by Gasteiger charge is 2.07. The predicted octanol–water partition coefficient (Wildman–Crippen LogP) is 2.87. The van der Waals surface area contributed by atoms with E-state index >= 15 is 0 Å². The largest absolute Gasteiger partial charge is 0.435 e. The standard InChI is InChI=1S/C11H9F2N3O2S2/c12-10(13)18-8-3-1-7(2-4-8)15-9(17)5-19-11-16-14-6-20-11/h1-4,6,10H,5H2,(H,15,17). The fourth-order valence-electron chi connectivity index (χ4n) is 1.27. The van der Waals surface area contributed by atoms with Crippen molar-refractivity contribution < 1.29 is 18.3 Å². The van der Waals surface area contributed by atoms with Crippen molar-refractivity contribution in [3.8, 4) is 5.75 Å². The third kappa shape index (κ3) is 4.74. The first-order valence-corrected chi connectivity index (χ1v) is 7.23. The summed E-state index contributed by atoms with van der Waals surface area (Å²) in [6.45, 7) is -2.86. The van der Waals surface area contributed by atoms with Crippen LogP contribution >= 0.6 is 23.1 Å². The van der Waals surface area contributed by atoms with Gasteiger partial charge in [0.15, 0.2) is 4.34 Å². The minimum Gasteiger partial charge on any atom is -0.435 e. The molecule has 0 aliphatic rings. The maximum atomic E-state index is 12.0. The van der Waals surface area contributed by atoms with E-state index in [-0.39, 0.29) is 17.4 Å². The minimum absolute atomic E-state index is 0.0428. The zero-order valence-corrected chi connectivity index (χ0v) is 11.6. The van der Waals surface area contributed by atoms with Crippen molar-refractivity contribution in [2.24, 2.45) is 0 Å². The van der Waals surface area contributed by atoms with Gasteiger partial charge in [-0.3, -0.25) is 4.79 Å². The van der Waals surface area contributed by atoms with Gasteiger partial charge in [-0.2, -0.15) is 8.78 Å². The lowest BCUT2D eigenvalue weighted by atomic mass is 10.3. The number of thioether (sulfide) groups is 1. The second kappa shape index (κ2) is 7.15. The van der Waals surface area contributed by atoms with Crippen molar-refractivity contribution in [2.45, 2.75) is 11.0 Å². The molecule has 2 aromatic rings. The van der Waals surface area contributed by atoms with E-state index in [0.29, 0.717) is 10.0 Å². The molecule has 0 spiro atoms. The predicted molar refractivity (Wildman–Crippen MR) is 72.3 cm³/mol. The van der Waals surface area contributed by atoms with E-state index in [9.17, 15) is 13.6 Å². The number of nitrogens with one attached hydrogen (secondary N) is 1. The third-order valence-electron chi connectivity index (χ3n) is 2.03. The molecule has 0 atom stereocenters. The van der Waals surface area contributed by atoms with Crippen LogP contribution in [-0.2, 0) is 4.79 Å². The Morgan fingerprint density at radius 2 is 2.15 bits per heavy atom. The highest BCUT2D eigenvalue weighted by Crippen LogP contribution is 2.20. The highest BCUT2D eigenvalue weighted by molar-refractivity contribution is 8.01. The Labute approximate surface area is 121 Å². The van der Waals surface area contributed by atoms with E-state index in [1.165, 1.54) is 47.4 Å². The van der Waals surface area contributed by atoms with E-state index in [0.717, 1.165) is 0 Å². The van der Waals surface area contributed by atoms with Crippen LogP contribution in [0, 0.1) is 0 Å². The Kier molecular flexibility index (Phi) is 5.24. The van der Waals surface area contributed by atoms with Gasteiger partial charge in [0.2, 0.25) is 5.91 Å². The van der Waals surface area contributed by atoms with Crippen LogP contribution in [0.5, 0.6) is 5.75 Å². The summed E-state index contributed by atoms with van der Waals surface area (Å²) in [6, 6.07) is 5.70. The van der Waals surface area contributed by atoms with Gasteiger partial charge < -0.3 is 10.1 Å². The Morgan fingerprint density at radius 1 is 1.40 bits per heavy atom. The number of alkyl halides is 2. The minimum atomic E-state index is -2.86. The van der Waals surface area contributed by atoms with E-state index < -0.39 is 6.61 Å². The average molecular weight is 317 g/mol. The zero-order chi connectivity index (χ0) is 14.4. The van der Waals surface area contributed by atoms with Crippen LogP contribution in [0.15, 0.2) is 34.1 Å². The third-order valence-corrected chi connectivity index (χ3v) is 3.89. The first kappa shape index (κ1) is 14.7. The van der Waals surface area contributed by atoms with E-state index in [2.05, 4.69) is 20.3 Å². The van der Waals surface area contributed by atoms with Crippen LogP contribution in [0.25, 0.3) is 0 Å². The molecule has 0 unspecified atom stereocenters. The van der Waals surface area contributed by atoms with Gasteiger partial charge in [-0.25, -0.2) is 0 Å². The first-order chi connectivity index (χ1) is 9.63. The van der Waals surface area contributed by atoms with Gasteiger partial charge in [-0.05, 0) is 24.3 Å². The molecule has 0 aliphatic carbocycles. The fourth-order valence-corrected chi connectivity index (χ4v) is 2.56. The van der Waals surface area contributed by atoms with Crippen LogP contribution < -0.4 is 10.1 Å². The molecule has 20 heavy (non-hydrogen) atoms. The number of hydrogen-bond donors (Lipinski definition) is 1. The number of rotatable bonds is 6. The van der Waals surface area contributed by atoms with Gasteiger partial charge in [-0.1, -0.05) is 23.1 Å². The average Bonchev–Trinajstić information content (AvgIpc) is 2.91. The maximum Gasteiger partial charge on any atom is 0.387 e. The molecule has 1 aromatic heterocycles. The molecule has 0 saturated carbocycles. The Hall–Kier alpha value is -1.74. The number of hydrogen-bond acceptors (Lipinski definition) is 6. The van der Waals surface area contributed by atoms with Crippen molar-refractivity contribution in [3.63, 3.8) is 0 Å². The van der Waals surface area contributed by atoms with Crippen LogP contribution in [0.2, 0.25) is 0 Å². The van der Waals surface area contributed by atoms with Gasteiger partial charge in [0.25, 0.3) is 0 Å². The van der Waals surface area contributed by atoms with E-state index in [1.54, 1.807) is 5.51 Å². The molecule has 0 bridgehead atoms. The second-order valence-electron chi connectivity index (χ2n) is 3.44. The molecule has 0 aliphatic heterocycles. The first-order valence-electron chi connectivity index (χ1n) is 5.37. The molecule has 106 valence electrons. The van der Waals surface area contributed by atoms with Crippen molar-refractivity contribution in [2.75, 3.05) is 11.1 Å². The summed E-state index contributed by atoms with van der Waals surface area (Å²) >= 11 is 2.63. The van der Waals surface area contributed by atoms with Crippen molar-refractivity contribution in [1.82, 2.24) is 10.2 Å². The summed E-state index contributed by atoms with van der Waals surface area (Å²) < 4.78 is 28.8. The lowest BCUT2D eigenvalue weighted by Gasteiger charge is -2.07. The van der Waals surface area contributed by atoms with Gasteiger partial charge >= 0.3 is 6.61 Å². The van der Waals surface area contributed by atoms with Crippen LogP contribution in [-0.4, -0.2) is 28.5 Å². The lowest BCUT2D eigenvalue weighted by Crippen LogP contribution is -2.13. The number of halogens is 2.